The Balaban J connectivity index is 1.51. The van der Waals surface area contributed by atoms with Gasteiger partial charge in [-0.2, -0.15) is 0 Å². The summed E-state index contributed by atoms with van der Waals surface area (Å²) in [4.78, 5) is 27.2. The molecular weight excluding hydrogens is 378 g/mol. The highest BCUT2D eigenvalue weighted by Gasteiger charge is 2.51. The number of hydrogen-bond acceptors (Lipinski definition) is 3. The Labute approximate surface area is 167 Å². The quantitative estimate of drug-likeness (QED) is 0.832. The number of anilines is 1. The van der Waals surface area contributed by atoms with Gasteiger partial charge in [0.25, 0.3) is 5.91 Å². The van der Waals surface area contributed by atoms with Gasteiger partial charge in [0.15, 0.2) is 0 Å². The number of carbonyl (C=O) groups is 2. The maximum atomic E-state index is 13.6. The first kappa shape index (κ1) is 19.5. The van der Waals surface area contributed by atoms with Gasteiger partial charge in [-0.1, -0.05) is 12.1 Å². The second-order valence-electron chi connectivity index (χ2n) is 7.95. The largest absolute Gasteiger partial charge is 0.393 e. The van der Waals surface area contributed by atoms with Gasteiger partial charge >= 0.3 is 0 Å². The molecule has 3 unspecified atom stereocenters. The van der Waals surface area contributed by atoms with Gasteiger partial charge in [0.2, 0.25) is 5.91 Å². The summed E-state index contributed by atoms with van der Waals surface area (Å²) in [7, 11) is 0. The summed E-state index contributed by atoms with van der Waals surface area (Å²) >= 11 is 0. The van der Waals surface area contributed by atoms with Crippen molar-refractivity contribution in [3.8, 4) is 0 Å². The van der Waals surface area contributed by atoms with Crippen molar-refractivity contribution in [3.63, 3.8) is 0 Å². The predicted molar refractivity (Wildman–Crippen MR) is 103 cm³/mol. The van der Waals surface area contributed by atoms with Crippen molar-refractivity contribution in [2.45, 2.75) is 37.8 Å². The van der Waals surface area contributed by atoms with E-state index >= 15 is 0 Å². The molecule has 152 valence electrons. The molecule has 1 spiro atoms. The number of hydrogen-bond donors (Lipinski definition) is 2. The molecule has 5 nitrogen and oxygen atoms in total. The molecule has 2 aromatic rings. The third-order valence-electron chi connectivity index (χ3n) is 5.87. The fourth-order valence-corrected chi connectivity index (χ4v) is 4.60. The normalized spacial score (nSPS) is 26.7. The van der Waals surface area contributed by atoms with Gasteiger partial charge in [-0.05, 0) is 62.1 Å². The Morgan fingerprint density at radius 1 is 1.10 bits per heavy atom. The van der Waals surface area contributed by atoms with Crippen LogP contribution >= 0.6 is 0 Å². The topological polar surface area (TPSA) is 69.6 Å². The van der Waals surface area contributed by atoms with Crippen LogP contribution in [0.3, 0.4) is 0 Å². The maximum Gasteiger partial charge on any atom is 0.251 e. The average Bonchev–Trinajstić information content (AvgIpc) is 2.96. The van der Waals surface area contributed by atoms with Gasteiger partial charge in [-0.3, -0.25) is 9.59 Å². The molecule has 1 saturated carbocycles. The summed E-state index contributed by atoms with van der Waals surface area (Å²) < 4.78 is 27.0. The lowest BCUT2D eigenvalue weighted by atomic mass is 9.69. The number of nitrogens with one attached hydrogen (secondary N) is 1. The molecule has 1 heterocycles. The highest BCUT2D eigenvalue weighted by atomic mass is 19.1. The number of benzene rings is 2. The Bertz CT molecular complexity index is 951. The van der Waals surface area contributed by atoms with Gasteiger partial charge in [-0.15, -0.1) is 0 Å². The van der Waals surface area contributed by atoms with E-state index in [1.54, 1.807) is 17.0 Å². The molecule has 1 aliphatic carbocycles. The van der Waals surface area contributed by atoms with Crippen LogP contribution in [-0.4, -0.2) is 35.6 Å². The summed E-state index contributed by atoms with van der Waals surface area (Å²) in [6.07, 6.45) is 0.805. The monoisotopic (exact) mass is 400 g/mol. The second-order valence-corrected chi connectivity index (χ2v) is 7.95. The lowest BCUT2D eigenvalue weighted by Crippen LogP contribution is -2.49. The summed E-state index contributed by atoms with van der Waals surface area (Å²) in [6, 6.07) is 10.8. The Morgan fingerprint density at radius 2 is 1.83 bits per heavy atom. The molecule has 2 aliphatic rings. The van der Waals surface area contributed by atoms with Crippen LogP contribution in [0, 0.1) is 17.0 Å². The summed E-state index contributed by atoms with van der Waals surface area (Å²) in [5.74, 6) is -1.52. The molecule has 7 heteroatoms. The van der Waals surface area contributed by atoms with Crippen LogP contribution in [0.1, 0.15) is 36.0 Å². The summed E-state index contributed by atoms with van der Waals surface area (Å²) in [5, 5.41) is 13.2. The lowest BCUT2D eigenvalue weighted by molar-refractivity contribution is -0.130. The Morgan fingerprint density at radius 3 is 2.55 bits per heavy atom. The molecule has 2 fully saturated rings. The minimum atomic E-state index is -0.802. The smallest absolute Gasteiger partial charge is 0.251 e. The zero-order valence-electron chi connectivity index (χ0n) is 15.8. The number of rotatable bonds is 3. The Kier molecular flexibility index (Phi) is 5.08. The van der Waals surface area contributed by atoms with E-state index in [1.165, 1.54) is 30.3 Å². The predicted octanol–water partition coefficient (Wildman–Crippen LogP) is 3.03. The fourth-order valence-electron chi connectivity index (χ4n) is 4.60. The Hall–Kier alpha value is -2.80. The molecule has 2 N–H and O–H groups in total. The van der Waals surface area contributed by atoms with Crippen molar-refractivity contribution in [2.24, 2.45) is 5.41 Å². The number of halogens is 2. The second kappa shape index (κ2) is 7.55. The van der Waals surface area contributed by atoms with Crippen molar-refractivity contribution < 1.29 is 23.5 Å². The molecule has 2 aromatic carbocycles. The van der Waals surface area contributed by atoms with E-state index in [0.717, 1.165) is 6.07 Å². The van der Waals surface area contributed by atoms with Gasteiger partial charge in [0, 0.05) is 23.8 Å². The standard InChI is InChI=1S/C22H22F2N2O3/c23-15-4-1-3-14(9-15)20(28)25-17-11-19(27)13-22(12-17)7-8-26(21(22)29)18-6-2-5-16(24)10-18/h1-6,9-10,17,19,27H,7-8,11-13H2,(H,25,28). The van der Waals surface area contributed by atoms with Crippen LogP contribution in [0.5, 0.6) is 0 Å². The number of carbonyl (C=O) groups excluding carboxylic acids is 2. The van der Waals surface area contributed by atoms with Crippen molar-refractivity contribution in [2.75, 3.05) is 11.4 Å². The van der Waals surface area contributed by atoms with E-state index in [2.05, 4.69) is 5.32 Å². The molecular formula is C22H22F2N2O3. The third-order valence-corrected chi connectivity index (χ3v) is 5.87. The third kappa shape index (κ3) is 3.87. The average molecular weight is 400 g/mol. The molecule has 1 saturated heterocycles. The SMILES string of the molecule is O=C(NC1CC(O)CC2(CCN(c3cccc(F)c3)C2=O)C1)c1cccc(F)c1. The highest BCUT2D eigenvalue weighted by Crippen LogP contribution is 2.46. The molecule has 0 aromatic heterocycles. The van der Waals surface area contributed by atoms with E-state index < -0.39 is 35.1 Å². The summed E-state index contributed by atoms with van der Waals surface area (Å²) in [5.41, 5.74) is -0.116. The first-order valence-electron chi connectivity index (χ1n) is 9.68. The van der Waals surface area contributed by atoms with Crippen molar-refractivity contribution >= 4 is 17.5 Å². The molecule has 29 heavy (non-hydrogen) atoms. The molecule has 0 bridgehead atoms. The van der Waals surface area contributed by atoms with Gasteiger partial charge in [-0.25, -0.2) is 8.78 Å². The molecule has 3 atom stereocenters. The van der Waals surface area contributed by atoms with Crippen LogP contribution < -0.4 is 10.2 Å². The van der Waals surface area contributed by atoms with E-state index in [-0.39, 0.29) is 11.5 Å². The fraction of sp³-hybridized carbons (Fsp3) is 0.364. The minimum Gasteiger partial charge on any atom is -0.393 e. The highest BCUT2D eigenvalue weighted by molar-refractivity contribution is 6.00. The van der Waals surface area contributed by atoms with Crippen molar-refractivity contribution in [1.82, 2.24) is 5.32 Å². The van der Waals surface area contributed by atoms with Gasteiger partial charge in [0.05, 0.1) is 11.5 Å². The first-order chi connectivity index (χ1) is 13.9. The number of aliphatic hydroxyl groups is 1. The van der Waals surface area contributed by atoms with Crippen molar-refractivity contribution in [3.05, 3.63) is 65.7 Å². The van der Waals surface area contributed by atoms with E-state index in [4.69, 9.17) is 0 Å². The van der Waals surface area contributed by atoms with Crippen LogP contribution in [-0.2, 0) is 4.79 Å². The molecule has 2 amide bonds. The molecule has 4 rings (SSSR count). The van der Waals surface area contributed by atoms with Crippen molar-refractivity contribution in [1.29, 1.82) is 0 Å². The number of nitrogens with zero attached hydrogens (tertiary/aromatic N) is 1. The zero-order chi connectivity index (χ0) is 20.6. The van der Waals surface area contributed by atoms with Crippen LogP contribution in [0.25, 0.3) is 0 Å². The van der Waals surface area contributed by atoms with E-state index in [1.807, 2.05) is 0 Å². The maximum absolute atomic E-state index is 13.6. The number of amides is 2. The first-order valence-corrected chi connectivity index (χ1v) is 9.68. The van der Waals surface area contributed by atoms with Gasteiger partial charge < -0.3 is 15.3 Å². The van der Waals surface area contributed by atoms with E-state index in [9.17, 15) is 23.5 Å². The van der Waals surface area contributed by atoms with Crippen LogP contribution in [0.2, 0.25) is 0 Å². The zero-order valence-corrected chi connectivity index (χ0v) is 15.8. The van der Waals surface area contributed by atoms with E-state index in [0.29, 0.717) is 37.9 Å². The van der Waals surface area contributed by atoms with Gasteiger partial charge in [0.1, 0.15) is 11.6 Å². The molecule has 0 radical (unpaired) electrons. The lowest BCUT2D eigenvalue weighted by Gasteiger charge is -2.39. The molecule has 1 aliphatic heterocycles. The summed E-state index contributed by atoms with van der Waals surface area (Å²) in [6.45, 7) is 0.430. The van der Waals surface area contributed by atoms with Crippen LogP contribution in [0.4, 0.5) is 14.5 Å². The van der Waals surface area contributed by atoms with Crippen LogP contribution in [0.15, 0.2) is 48.5 Å². The minimum absolute atomic E-state index is 0.160. The number of aliphatic hydroxyl groups excluding tert-OH is 1.